The van der Waals surface area contributed by atoms with Crippen molar-refractivity contribution in [1.29, 1.82) is 0 Å². The van der Waals surface area contributed by atoms with Crippen molar-refractivity contribution in [2.75, 3.05) is 19.0 Å². The van der Waals surface area contributed by atoms with E-state index in [0.29, 0.717) is 18.8 Å². The lowest BCUT2D eigenvalue weighted by atomic mass is 9.85. The number of fused-ring (bicyclic) bond motifs is 1. The van der Waals surface area contributed by atoms with Crippen molar-refractivity contribution >= 4 is 17.7 Å². The number of methoxy groups -OCH3 is 1. The topological polar surface area (TPSA) is 82.5 Å². The summed E-state index contributed by atoms with van der Waals surface area (Å²) in [5, 5.41) is 7.29. The van der Waals surface area contributed by atoms with Gasteiger partial charge in [-0.1, -0.05) is 18.2 Å². The normalized spacial score (nSPS) is 16.1. The van der Waals surface area contributed by atoms with Gasteiger partial charge in [0.25, 0.3) is 0 Å². The Bertz CT molecular complexity index is 813. The number of para-hydroxylation sites is 1. The van der Waals surface area contributed by atoms with Crippen LogP contribution in [-0.2, 0) is 20.9 Å². The van der Waals surface area contributed by atoms with Crippen molar-refractivity contribution in [3.05, 3.63) is 41.1 Å². The SMILES string of the molecule is CCOC(=O)Cn1nc(C)c2c1NC(=O)C[C@@H]2c1ccccc1OC. The second kappa shape index (κ2) is 6.96. The molecular weight excluding hydrogens is 322 g/mol. The van der Waals surface area contributed by atoms with Crippen molar-refractivity contribution in [2.45, 2.75) is 32.7 Å². The molecule has 2 aromatic rings. The molecular formula is C18H21N3O4. The molecule has 0 saturated heterocycles. The van der Waals surface area contributed by atoms with E-state index in [1.807, 2.05) is 31.2 Å². The third-order valence-electron chi connectivity index (χ3n) is 4.27. The van der Waals surface area contributed by atoms with Crippen LogP contribution >= 0.6 is 0 Å². The lowest BCUT2D eigenvalue weighted by molar-refractivity contribution is -0.144. The number of carbonyl (C=O) groups excluding carboxylic acids is 2. The number of ether oxygens (including phenoxy) is 2. The molecule has 0 saturated carbocycles. The van der Waals surface area contributed by atoms with E-state index < -0.39 is 0 Å². The Hall–Kier alpha value is -2.83. The second-order valence-corrected chi connectivity index (χ2v) is 5.86. The van der Waals surface area contributed by atoms with Crippen LogP contribution in [0, 0.1) is 6.92 Å². The highest BCUT2D eigenvalue weighted by molar-refractivity contribution is 5.95. The molecule has 1 aromatic carbocycles. The lowest BCUT2D eigenvalue weighted by Gasteiger charge is -2.25. The van der Waals surface area contributed by atoms with Gasteiger partial charge < -0.3 is 14.8 Å². The summed E-state index contributed by atoms with van der Waals surface area (Å²) < 4.78 is 11.9. The Morgan fingerprint density at radius 3 is 2.88 bits per heavy atom. The highest BCUT2D eigenvalue weighted by Crippen LogP contribution is 2.42. The summed E-state index contributed by atoms with van der Waals surface area (Å²) in [5.74, 6) is 0.606. The van der Waals surface area contributed by atoms with E-state index in [9.17, 15) is 9.59 Å². The molecule has 3 rings (SSSR count). The Kier molecular flexibility index (Phi) is 4.74. The third kappa shape index (κ3) is 3.22. The summed E-state index contributed by atoms with van der Waals surface area (Å²) in [6.07, 6.45) is 0.305. The average Bonchev–Trinajstić information content (AvgIpc) is 2.90. The predicted octanol–water partition coefficient (Wildman–Crippen LogP) is 2.24. The molecule has 132 valence electrons. The number of anilines is 1. The van der Waals surface area contributed by atoms with Gasteiger partial charge in [0, 0.05) is 23.5 Å². The van der Waals surface area contributed by atoms with Crippen LogP contribution in [0.1, 0.15) is 36.1 Å². The molecule has 0 aliphatic carbocycles. The second-order valence-electron chi connectivity index (χ2n) is 5.86. The third-order valence-corrected chi connectivity index (χ3v) is 4.27. The van der Waals surface area contributed by atoms with Crippen LogP contribution in [0.5, 0.6) is 5.75 Å². The monoisotopic (exact) mass is 343 g/mol. The fraction of sp³-hybridized carbons (Fsp3) is 0.389. The zero-order chi connectivity index (χ0) is 18.0. The number of carbonyl (C=O) groups is 2. The first-order valence-corrected chi connectivity index (χ1v) is 8.20. The van der Waals surface area contributed by atoms with Crippen LogP contribution < -0.4 is 10.1 Å². The number of hydrogen-bond acceptors (Lipinski definition) is 5. The first-order chi connectivity index (χ1) is 12.0. The summed E-state index contributed by atoms with van der Waals surface area (Å²) in [6.45, 7) is 3.89. The molecule has 1 atom stereocenters. The van der Waals surface area contributed by atoms with Gasteiger partial charge in [-0.25, -0.2) is 4.68 Å². The quantitative estimate of drug-likeness (QED) is 0.842. The number of aryl methyl sites for hydroxylation is 1. The maximum atomic E-state index is 12.3. The summed E-state index contributed by atoms with van der Waals surface area (Å²) >= 11 is 0. The standard InChI is InChI=1S/C18H21N3O4/c1-4-25-16(23)10-21-18-17(11(2)20-21)13(9-15(22)19-18)12-7-5-6-8-14(12)24-3/h5-8,13H,4,9-10H2,1-3H3,(H,19,22)/t13-/m1/s1. The van der Waals surface area contributed by atoms with Gasteiger partial charge >= 0.3 is 5.97 Å². The number of hydrogen-bond donors (Lipinski definition) is 1. The molecule has 0 bridgehead atoms. The maximum absolute atomic E-state index is 12.3. The number of nitrogens with one attached hydrogen (secondary N) is 1. The number of nitrogens with zero attached hydrogens (tertiary/aromatic N) is 2. The van der Waals surface area contributed by atoms with E-state index in [-0.39, 0.29) is 24.3 Å². The molecule has 1 aliphatic heterocycles. The minimum Gasteiger partial charge on any atom is -0.496 e. The number of aromatic nitrogens is 2. The summed E-state index contributed by atoms with van der Waals surface area (Å²) in [6, 6.07) is 7.64. The van der Waals surface area contributed by atoms with Crippen molar-refractivity contribution in [3.8, 4) is 5.75 Å². The van der Waals surface area contributed by atoms with Gasteiger partial charge in [0.1, 0.15) is 18.1 Å². The molecule has 0 spiro atoms. The maximum Gasteiger partial charge on any atom is 0.327 e. The highest BCUT2D eigenvalue weighted by atomic mass is 16.5. The van der Waals surface area contributed by atoms with Crippen LogP contribution in [0.15, 0.2) is 24.3 Å². The molecule has 7 nitrogen and oxygen atoms in total. The number of benzene rings is 1. The molecule has 0 unspecified atom stereocenters. The molecule has 2 heterocycles. The molecule has 0 fully saturated rings. The first-order valence-electron chi connectivity index (χ1n) is 8.20. The Labute approximate surface area is 145 Å². The van der Waals surface area contributed by atoms with Crippen molar-refractivity contribution in [1.82, 2.24) is 9.78 Å². The fourth-order valence-electron chi connectivity index (χ4n) is 3.28. The molecule has 1 aromatic heterocycles. The van der Waals surface area contributed by atoms with E-state index in [1.54, 1.807) is 14.0 Å². The zero-order valence-corrected chi connectivity index (χ0v) is 14.5. The highest BCUT2D eigenvalue weighted by Gasteiger charge is 2.34. The van der Waals surface area contributed by atoms with Crippen LogP contribution in [0.3, 0.4) is 0 Å². The van der Waals surface area contributed by atoms with Gasteiger partial charge in [0.2, 0.25) is 5.91 Å². The van der Waals surface area contributed by atoms with Gasteiger partial charge in [-0.3, -0.25) is 9.59 Å². The minimum atomic E-state index is -0.388. The largest absolute Gasteiger partial charge is 0.496 e. The minimum absolute atomic E-state index is 0.0388. The zero-order valence-electron chi connectivity index (χ0n) is 14.5. The first kappa shape index (κ1) is 17.0. The van der Waals surface area contributed by atoms with Gasteiger partial charge in [-0.2, -0.15) is 5.10 Å². The molecule has 1 amide bonds. The molecule has 25 heavy (non-hydrogen) atoms. The van der Waals surface area contributed by atoms with Gasteiger partial charge in [-0.15, -0.1) is 0 Å². The van der Waals surface area contributed by atoms with E-state index in [4.69, 9.17) is 9.47 Å². The van der Waals surface area contributed by atoms with Crippen LogP contribution in [-0.4, -0.2) is 35.4 Å². The van der Waals surface area contributed by atoms with Gasteiger partial charge in [0.15, 0.2) is 0 Å². The predicted molar refractivity (Wildman–Crippen MR) is 91.7 cm³/mol. The van der Waals surface area contributed by atoms with E-state index >= 15 is 0 Å². The number of rotatable bonds is 5. The van der Waals surface area contributed by atoms with Crippen molar-refractivity contribution in [3.63, 3.8) is 0 Å². The van der Waals surface area contributed by atoms with Crippen LogP contribution in [0.4, 0.5) is 5.82 Å². The van der Waals surface area contributed by atoms with Gasteiger partial charge in [-0.05, 0) is 19.9 Å². The summed E-state index contributed by atoms with van der Waals surface area (Å²) in [7, 11) is 1.61. The lowest BCUT2D eigenvalue weighted by Crippen LogP contribution is -2.26. The molecule has 1 N–H and O–H groups in total. The van der Waals surface area contributed by atoms with Gasteiger partial charge in [0.05, 0.1) is 19.4 Å². The molecule has 1 aliphatic rings. The molecule has 7 heteroatoms. The van der Waals surface area contributed by atoms with E-state index in [0.717, 1.165) is 22.6 Å². The Morgan fingerprint density at radius 1 is 1.40 bits per heavy atom. The van der Waals surface area contributed by atoms with Crippen molar-refractivity contribution < 1.29 is 19.1 Å². The number of esters is 1. The van der Waals surface area contributed by atoms with Crippen molar-refractivity contribution in [2.24, 2.45) is 0 Å². The molecule has 0 radical (unpaired) electrons. The smallest absolute Gasteiger partial charge is 0.327 e. The summed E-state index contributed by atoms with van der Waals surface area (Å²) in [5.41, 5.74) is 2.61. The Morgan fingerprint density at radius 2 is 2.16 bits per heavy atom. The van der Waals surface area contributed by atoms with Crippen LogP contribution in [0.25, 0.3) is 0 Å². The average molecular weight is 343 g/mol. The fourth-order valence-corrected chi connectivity index (χ4v) is 3.28. The summed E-state index contributed by atoms with van der Waals surface area (Å²) in [4.78, 5) is 24.1. The number of amides is 1. The van der Waals surface area contributed by atoms with Crippen LogP contribution in [0.2, 0.25) is 0 Å². The Balaban J connectivity index is 2.05. The van der Waals surface area contributed by atoms with E-state index in [1.165, 1.54) is 4.68 Å². The van der Waals surface area contributed by atoms with E-state index in [2.05, 4.69) is 10.4 Å².